The predicted molar refractivity (Wildman–Crippen MR) is 55.6 cm³/mol. The van der Waals surface area contributed by atoms with Gasteiger partial charge in [0.05, 0.1) is 5.39 Å². The number of hydrogen-bond donors (Lipinski definition) is 1. The molecule has 0 aliphatic carbocycles. The summed E-state index contributed by atoms with van der Waals surface area (Å²) in [6, 6.07) is 1.36. The molecule has 0 bridgehead atoms. The zero-order chi connectivity index (χ0) is 13.4. The van der Waals surface area contributed by atoms with Gasteiger partial charge in [0.15, 0.2) is 0 Å². The Morgan fingerprint density at radius 2 is 1.89 bits per heavy atom. The van der Waals surface area contributed by atoms with E-state index in [1.807, 2.05) is 0 Å². The standard InChI is InChI=1S/C9H5F2N3O4/c10-4-1-6(11)8-5(3-13(15)16)9(14(17)18)12-7(8)2-4/h1-2,12H,3H2. The number of aromatic amines is 1. The minimum atomic E-state index is -1.08. The second-order valence-corrected chi connectivity index (χ2v) is 3.51. The van der Waals surface area contributed by atoms with Gasteiger partial charge in [-0.3, -0.25) is 10.1 Å². The lowest BCUT2D eigenvalue weighted by atomic mass is 10.1. The average molecular weight is 257 g/mol. The summed E-state index contributed by atoms with van der Waals surface area (Å²) in [6.07, 6.45) is 0. The van der Waals surface area contributed by atoms with Crippen molar-refractivity contribution >= 4 is 16.7 Å². The lowest BCUT2D eigenvalue weighted by Crippen LogP contribution is -2.01. The maximum absolute atomic E-state index is 13.5. The molecule has 1 aromatic carbocycles. The Bertz CT molecular complexity index is 667. The van der Waals surface area contributed by atoms with Crippen LogP contribution in [0.4, 0.5) is 14.6 Å². The van der Waals surface area contributed by atoms with Crippen molar-refractivity contribution in [2.45, 2.75) is 6.54 Å². The number of halogens is 2. The fourth-order valence-corrected chi connectivity index (χ4v) is 1.74. The molecule has 1 aromatic heterocycles. The van der Waals surface area contributed by atoms with E-state index in [2.05, 4.69) is 4.98 Å². The molecule has 0 aliphatic heterocycles. The molecule has 1 heterocycles. The molecule has 0 fully saturated rings. The summed E-state index contributed by atoms with van der Waals surface area (Å²) < 4.78 is 26.5. The molecule has 2 aromatic rings. The molecule has 0 amide bonds. The van der Waals surface area contributed by atoms with Crippen molar-refractivity contribution in [2.75, 3.05) is 0 Å². The molecule has 0 spiro atoms. The van der Waals surface area contributed by atoms with Crippen LogP contribution in [0.15, 0.2) is 12.1 Å². The van der Waals surface area contributed by atoms with Crippen LogP contribution in [0.5, 0.6) is 0 Å². The zero-order valence-corrected chi connectivity index (χ0v) is 8.65. The van der Waals surface area contributed by atoms with Gasteiger partial charge in [-0.05, 0) is 4.92 Å². The van der Waals surface area contributed by atoms with Crippen LogP contribution in [0.1, 0.15) is 5.56 Å². The Balaban J connectivity index is 2.80. The molecule has 0 aliphatic rings. The molecule has 0 radical (unpaired) electrons. The molecule has 0 atom stereocenters. The zero-order valence-electron chi connectivity index (χ0n) is 8.65. The molecular formula is C9H5F2N3O4. The lowest BCUT2D eigenvalue weighted by molar-refractivity contribution is -0.498. The summed E-state index contributed by atoms with van der Waals surface area (Å²) in [4.78, 5) is 21.6. The van der Waals surface area contributed by atoms with Gasteiger partial charge < -0.3 is 10.1 Å². The van der Waals surface area contributed by atoms with E-state index in [9.17, 15) is 29.0 Å². The highest BCUT2D eigenvalue weighted by molar-refractivity contribution is 5.87. The Hall–Kier alpha value is -2.58. The van der Waals surface area contributed by atoms with Crippen molar-refractivity contribution in [1.82, 2.24) is 4.98 Å². The molecule has 0 unspecified atom stereocenters. The summed E-state index contributed by atoms with van der Waals surface area (Å²) in [7, 11) is 0. The first-order valence-corrected chi connectivity index (χ1v) is 4.66. The monoisotopic (exact) mass is 257 g/mol. The van der Waals surface area contributed by atoms with Gasteiger partial charge in [0.1, 0.15) is 22.7 Å². The van der Waals surface area contributed by atoms with Gasteiger partial charge in [-0.15, -0.1) is 0 Å². The third-order valence-corrected chi connectivity index (χ3v) is 2.37. The normalized spacial score (nSPS) is 10.8. The van der Waals surface area contributed by atoms with Crippen LogP contribution in [-0.4, -0.2) is 14.8 Å². The van der Waals surface area contributed by atoms with E-state index in [4.69, 9.17) is 0 Å². The summed E-state index contributed by atoms with van der Waals surface area (Å²) in [5.41, 5.74) is -0.589. The minimum absolute atomic E-state index is 0.184. The third kappa shape index (κ3) is 1.85. The molecule has 7 nitrogen and oxygen atoms in total. The SMILES string of the molecule is O=[N+]([O-])Cc1c([N+](=O)[O-])[nH]c2cc(F)cc(F)c12. The molecule has 1 N–H and O–H groups in total. The summed E-state index contributed by atoms with van der Waals surface area (Å²) in [6.45, 7) is -0.918. The first-order chi connectivity index (χ1) is 8.40. The van der Waals surface area contributed by atoms with Gasteiger partial charge in [0.2, 0.25) is 6.54 Å². The number of nitro groups is 2. The maximum atomic E-state index is 13.5. The smallest absolute Gasteiger partial charge is 0.331 e. The van der Waals surface area contributed by atoms with Crippen LogP contribution in [0, 0.1) is 31.9 Å². The van der Waals surface area contributed by atoms with Gasteiger partial charge in [0, 0.05) is 17.1 Å². The van der Waals surface area contributed by atoms with Crippen LogP contribution in [0.2, 0.25) is 0 Å². The largest absolute Gasteiger partial charge is 0.358 e. The van der Waals surface area contributed by atoms with Gasteiger partial charge in [-0.25, -0.2) is 13.8 Å². The van der Waals surface area contributed by atoms with Crippen molar-refractivity contribution in [2.24, 2.45) is 0 Å². The predicted octanol–water partition coefficient (Wildman–Crippen LogP) is 2.13. The van der Waals surface area contributed by atoms with Crippen molar-refractivity contribution in [3.63, 3.8) is 0 Å². The summed E-state index contributed by atoms with van der Waals surface area (Å²) in [5.74, 6) is -2.71. The molecule has 2 rings (SSSR count). The Morgan fingerprint density at radius 1 is 1.22 bits per heavy atom. The van der Waals surface area contributed by atoms with E-state index in [1.54, 1.807) is 0 Å². The highest BCUT2D eigenvalue weighted by Gasteiger charge is 2.27. The van der Waals surface area contributed by atoms with Crippen molar-refractivity contribution in [3.8, 4) is 0 Å². The Morgan fingerprint density at radius 3 is 2.44 bits per heavy atom. The van der Waals surface area contributed by atoms with Gasteiger partial charge in [-0.1, -0.05) is 0 Å². The molecule has 18 heavy (non-hydrogen) atoms. The highest BCUT2D eigenvalue weighted by atomic mass is 19.1. The highest BCUT2D eigenvalue weighted by Crippen LogP contribution is 2.31. The van der Waals surface area contributed by atoms with Crippen molar-refractivity contribution in [1.29, 1.82) is 0 Å². The number of nitrogens with zero attached hydrogens (tertiary/aromatic N) is 2. The lowest BCUT2D eigenvalue weighted by Gasteiger charge is -1.95. The number of benzene rings is 1. The van der Waals surface area contributed by atoms with Crippen molar-refractivity contribution < 1.29 is 18.6 Å². The van der Waals surface area contributed by atoms with E-state index in [0.717, 1.165) is 6.07 Å². The second-order valence-electron chi connectivity index (χ2n) is 3.51. The van der Waals surface area contributed by atoms with Crippen LogP contribution >= 0.6 is 0 Å². The van der Waals surface area contributed by atoms with Crippen LogP contribution < -0.4 is 0 Å². The van der Waals surface area contributed by atoms with E-state index >= 15 is 0 Å². The van der Waals surface area contributed by atoms with Gasteiger partial charge >= 0.3 is 5.82 Å². The van der Waals surface area contributed by atoms with Crippen LogP contribution in [0.25, 0.3) is 10.9 Å². The molecule has 9 heteroatoms. The maximum Gasteiger partial charge on any atom is 0.331 e. The topological polar surface area (TPSA) is 102 Å². The molecule has 0 saturated carbocycles. The fourth-order valence-electron chi connectivity index (χ4n) is 1.74. The van der Waals surface area contributed by atoms with E-state index in [0.29, 0.717) is 6.07 Å². The Kier molecular flexibility index (Phi) is 2.66. The number of rotatable bonds is 3. The minimum Gasteiger partial charge on any atom is -0.358 e. The van der Waals surface area contributed by atoms with Crippen LogP contribution in [0.3, 0.4) is 0 Å². The van der Waals surface area contributed by atoms with Gasteiger partial charge in [0.25, 0.3) is 0 Å². The average Bonchev–Trinajstić information content (AvgIpc) is 2.55. The first-order valence-electron chi connectivity index (χ1n) is 4.66. The third-order valence-electron chi connectivity index (χ3n) is 2.37. The molecule has 94 valence electrons. The second kappa shape index (κ2) is 4.02. The first kappa shape index (κ1) is 11.9. The fraction of sp³-hybridized carbons (Fsp3) is 0.111. The Labute approximate surface area is 97.3 Å². The number of aromatic nitrogens is 1. The van der Waals surface area contributed by atoms with Crippen LogP contribution in [-0.2, 0) is 6.54 Å². The van der Waals surface area contributed by atoms with E-state index in [-0.39, 0.29) is 10.9 Å². The number of hydrogen-bond acceptors (Lipinski definition) is 4. The van der Waals surface area contributed by atoms with Gasteiger partial charge in [-0.2, -0.15) is 0 Å². The number of H-pyrrole nitrogens is 1. The van der Waals surface area contributed by atoms with Crippen molar-refractivity contribution in [3.05, 3.63) is 49.6 Å². The number of nitrogens with one attached hydrogen (secondary N) is 1. The summed E-state index contributed by atoms with van der Waals surface area (Å²) >= 11 is 0. The number of fused-ring (bicyclic) bond motifs is 1. The molecule has 0 saturated heterocycles. The summed E-state index contributed by atoms with van der Waals surface area (Å²) in [5, 5.41) is 20.8. The van der Waals surface area contributed by atoms with E-state index < -0.39 is 39.4 Å². The molecular weight excluding hydrogens is 252 g/mol. The van der Waals surface area contributed by atoms with E-state index in [1.165, 1.54) is 0 Å². The quantitative estimate of drug-likeness (QED) is 0.671.